The largest absolute Gasteiger partial charge is 0.395 e. The summed E-state index contributed by atoms with van der Waals surface area (Å²) in [6.07, 6.45) is 1.71. The van der Waals surface area contributed by atoms with Gasteiger partial charge in [-0.25, -0.2) is 4.39 Å². The van der Waals surface area contributed by atoms with E-state index in [0.717, 1.165) is 24.6 Å². The van der Waals surface area contributed by atoms with Gasteiger partial charge in [-0.15, -0.1) is 10.2 Å². The maximum Gasteiger partial charge on any atom is 0.152 e. The summed E-state index contributed by atoms with van der Waals surface area (Å²) in [6, 6.07) is 4.86. The third kappa shape index (κ3) is 1.61. The summed E-state index contributed by atoms with van der Waals surface area (Å²) in [5.41, 5.74) is 6.67. The molecule has 0 amide bonds. The van der Waals surface area contributed by atoms with Crippen LogP contribution in [0.1, 0.15) is 5.82 Å². The van der Waals surface area contributed by atoms with Gasteiger partial charge in [0.25, 0.3) is 0 Å². The number of hydrogen-bond acceptors (Lipinski definition) is 4. The fraction of sp³-hybridized carbons (Fsp3) is 0.273. The van der Waals surface area contributed by atoms with Crippen LogP contribution in [0.15, 0.2) is 24.5 Å². The van der Waals surface area contributed by atoms with Crippen LogP contribution in [0.2, 0.25) is 0 Å². The van der Waals surface area contributed by atoms with Crippen LogP contribution in [0.4, 0.5) is 15.8 Å². The zero-order valence-electron chi connectivity index (χ0n) is 9.17. The van der Waals surface area contributed by atoms with Gasteiger partial charge in [0.15, 0.2) is 5.82 Å². The molecule has 0 bridgehead atoms. The topological polar surface area (TPSA) is 60.0 Å². The van der Waals surface area contributed by atoms with Gasteiger partial charge >= 0.3 is 0 Å². The standard InChI is InChI=1S/C11H12FN5/c12-8-2-1-3-9(11(8)13)16-4-5-17-7-14-15-10(17)6-16/h1-3,7H,4-6,13H2. The Hall–Kier alpha value is -2.11. The third-order valence-electron chi connectivity index (χ3n) is 3.01. The average Bonchev–Trinajstić information content (AvgIpc) is 2.79. The Morgan fingerprint density at radius 2 is 2.18 bits per heavy atom. The van der Waals surface area contributed by atoms with Gasteiger partial charge < -0.3 is 15.2 Å². The molecular weight excluding hydrogens is 221 g/mol. The van der Waals surface area contributed by atoms with E-state index in [4.69, 9.17) is 5.73 Å². The minimum absolute atomic E-state index is 0.195. The molecule has 6 heteroatoms. The number of nitrogen functional groups attached to an aromatic ring is 1. The molecule has 0 radical (unpaired) electrons. The van der Waals surface area contributed by atoms with Crippen LogP contribution < -0.4 is 10.6 Å². The predicted molar refractivity (Wildman–Crippen MR) is 61.9 cm³/mol. The Morgan fingerprint density at radius 3 is 3.06 bits per heavy atom. The van der Waals surface area contributed by atoms with Crippen molar-refractivity contribution in [1.29, 1.82) is 0 Å². The normalized spacial score (nSPS) is 14.8. The van der Waals surface area contributed by atoms with Crippen molar-refractivity contribution < 1.29 is 4.39 Å². The molecule has 2 N–H and O–H groups in total. The molecule has 88 valence electrons. The molecule has 0 atom stereocenters. The molecule has 1 aromatic carbocycles. The van der Waals surface area contributed by atoms with Crippen molar-refractivity contribution in [1.82, 2.24) is 14.8 Å². The highest BCUT2D eigenvalue weighted by Crippen LogP contribution is 2.28. The monoisotopic (exact) mass is 233 g/mol. The highest BCUT2D eigenvalue weighted by atomic mass is 19.1. The first kappa shape index (κ1) is 10.1. The van der Waals surface area contributed by atoms with Crippen molar-refractivity contribution in [2.75, 3.05) is 17.2 Å². The fourth-order valence-corrected chi connectivity index (χ4v) is 2.07. The molecule has 17 heavy (non-hydrogen) atoms. The molecule has 5 nitrogen and oxygen atoms in total. The summed E-state index contributed by atoms with van der Waals surface area (Å²) in [7, 11) is 0. The Labute approximate surface area is 97.7 Å². The second kappa shape index (κ2) is 3.73. The van der Waals surface area contributed by atoms with Crippen LogP contribution in [0, 0.1) is 5.82 Å². The minimum atomic E-state index is -0.380. The molecule has 2 heterocycles. The van der Waals surface area contributed by atoms with E-state index in [2.05, 4.69) is 10.2 Å². The predicted octanol–water partition coefficient (Wildman–Crippen LogP) is 1.02. The lowest BCUT2D eigenvalue weighted by atomic mass is 10.2. The van der Waals surface area contributed by atoms with Crippen LogP contribution in [-0.2, 0) is 13.1 Å². The molecule has 0 unspecified atom stereocenters. The molecule has 2 aromatic rings. The molecule has 1 aliphatic heterocycles. The number of nitrogens with two attached hydrogens (primary N) is 1. The molecule has 1 aliphatic rings. The van der Waals surface area contributed by atoms with Gasteiger partial charge in [-0.2, -0.15) is 0 Å². The summed E-state index contributed by atoms with van der Waals surface area (Å²) in [5, 5.41) is 7.87. The van der Waals surface area contributed by atoms with Crippen molar-refractivity contribution in [3.8, 4) is 0 Å². The number of para-hydroxylation sites is 1. The van der Waals surface area contributed by atoms with Crippen molar-refractivity contribution in [3.63, 3.8) is 0 Å². The van der Waals surface area contributed by atoms with Crippen molar-refractivity contribution >= 4 is 11.4 Å². The van der Waals surface area contributed by atoms with E-state index in [1.54, 1.807) is 12.4 Å². The van der Waals surface area contributed by atoms with E-state index < -0.39 is 0 Å². The molecule has 0 saturated carbocycles. The van der Waals surface area contributed by atoms with E-state index >= 15 is 0 Å². The molecule has 0 aliphatic carbocycles. The lowest BCUT2D eigenvalue weighted by Crippen LogP contribution is -2.34. The Balaban J connectivity index is 1.94. The molecule has 3 rings (SSSR count). The van der Waals surface area contributed by atoms with Gasteiger partial charge in [0.05, 0.1) is 17.9 Å². The first-order valence-electron chi connectivity index (χ1n) is 5.41. The Bertz CT molecular complexity index is 551. The number of aromatic nitrogens is 3. The summed E-state index contributed by atoms with van der Waals surface area (Å²) in [4.78, 5) is 2.02. The van der Waals surface area contributed by atoms with Crippen LogP contribution in [-0.4, -0.2) is 21.3 Å². The Kier molecular flexibility index (Phi) is 2.21. The average molecular weight is 233 g/mol. The van der Waals surface area contributed by atoms with Crippen molar-refractivity contribution in [2.24, 2.45) is 0 Å². The fourth-order valence-electron chi connectivity index (χ4n) is 2.07. The summed E-state index contributed by atoms with van der Waals surface area (Å²) >= 11 is 0. The highest BCUT2D eigenvalue weighted by molar-refractivity contribution is 5.68. The number of nitrogens with zero attached hydrogens (tertiary/aromatic N) is 4. The van der Waals surface area contributed by atoms with E-state index in [9.17, 15) is 4.39 Å². The lowest BCUT2D eigenvalue weighted by molar-refractivity contribution is 0.558. The lowest BCUT2D eigenvalue weighted by Gasteiger charge is -2.29. The number of halogens is 1. The van der Waals surface area contributed by atoms with Gasteiger partial charge in [0, 0.05) is 13.1 Å². The van der Waals surface area contributed by atoms with E-state index in [-0.39, 0.29) is 11.5 Å². The number of fused-ring (bicyclic) bond motifs is 1. The van der Waals surface area contributed by atoms with E-state index in [1.165, 1.54) is 6.07 Å². The number of rotatable bonds is 1. The van der Waals surface area contributed by atoms with Gasteiger partial charge in [-0.05, 0) is 12.1 Å². The summed E-state index contributed by atoms with van der Waals surface area (Å²) in [6.45, 7) is 2.17. The number of benzene rings is 1. The highest BCUT2D eigenvalue weighted by Gasteiger charge is 2.20. The maximum atomic E-state index is 13.4. The van der Waals surface area contributed by atoms with Gasteiger partial charge in [0.2, 0.25) is 0 Å². The van der Waals surface area contributed by atoms with Crippen LogP contribution in [0.25, 0.3) is 0 Å². The molecular formula is C11H12FN5. The smallest absolute Gasteiger partial charge is 0.152 e. The zero-order chi connectivity index (χ0) is 11.8. The quantitative estimate of drug-likeness (QED) is 0.747. The van der Waals surface area contributed by atoms with Gasteiger partial charge in [-0.1, -0.05) is 6.07 Å². The first-order valence-corrected chi connectivity index (χ1v) is 5.41. The second-order valence-electron chi connectivity index (χ2n) is 4.03. The van der Waals surface area contributed by atoms with Crippen molar-refractivity contribution in [3.05, 3.63) is 36.2 Å². The van der Waals surface area contributed by atoms with Crippen molar-refractivity contribution in [2.45, 2.75) is 13.1 Å². The number of hydrogen-bond donors (Lipinski definition) is 1. The maximum absolute atomic E-state index is 13.4. The second-order valence-corrected chi connectivity index (χ2v) is 4.03. The first-order chi connectivity index (χ1) is 8.25. The van der Waals surface area contributed by atoms with Crippen LogP contribution in [0.3, 0.4) is 0 Å². The molecule has 0 spiro atoms. The van der Waals surface area contributed by atoms with E-state index in [1.807, 2.05) is 15.5 Å². The van der Waals surface area contributed by atoms with Gasteiger partial charge in [-0.3, -0.25) is 0 Å². The third-order valence-corrected chi connectivity index (χ3v) is 3.01. The molecule has 0 saturated heterocycles. The zero-order valence-corrected chi connectivity index (χ0v) is 9.17. The van der Waals surface area contributed by atoms with Crippen LogP contribution in [0.5, 0.6) is 0 Å². The minimum Gasteiger partial charge on any atom is -0.395 e. The summed E-state index contributed by atoms with van der Waals surface area (Å²) in [5.74, 6) is 0.495. The Morgan fingerprint density at radius 1 is 1.29 bits per heavy atom. The summed E-state index contributed by atoms with van der Waals surface area (Å²) < 4.78 is 15.4. The van der Waals surface area contributed by atoms with Gasteiger partial charge in [0.1, 0.15) is 12.1 Å². The molecule has 1 aromatic heterocycles. The SMILES string of the molecule is Nc1c(F)cccc1N1CCn2cnnc2C1. The van der Waals surface area contributed by atoms with E-state index in [0.29, 0.717) is 6.54 Å². The molecule has 0 fully saturated rings. The van der Waals surface area contributed by atoms with Crippen LogP contribution >= 0.6 is 0 Å². The number of anilines is 2.